The number of anilines is 1. The van der Waals surface area contributed by atoms with Crippen LogP contribution in [-0.2, 0) is 15.7 Å². The maximum atomic E-state index is 13.4. The summed E-state index contributed by atoms with van der Waals surface area (Å²) in [6, 6.07) is 13.6. The van der Waals surface area contributed by atoms with E-state index in [4.69, 9.17) is 16.3 Å². The summed E-state index contributed by atoms with van der Waals surface area (Å²) in [6.45, 7) is 0.316. The van der Waals surface area contributed by atoms with Gasteiger partial charge in [-0.25, -0.2) is 0 Å². The van der Waals surface area contributed by atoms with Crippen molar-refractivity contribution in [2.75, 3.05) is 17.7 Å². The Kier molecular flexibility index (Phi) is 6.44. The summed E-state index contributed by atoms with van der Waals surface area (Å²) in [4.78, 5) is 11.8. The fourth-order valence-corrected chi connectivity index (χ4v) is 4.65. The number of amides is 1. The highest BCUT2D eigenvalue weighted by molar-refractivity contribution is 6.18. The Labute approximate surface area is 184 Å². The molecule has 0 aromatic heterocycles. The average molecular weight is 453 g/mol. The van der Waals surface area contributed by atoms with Gasteiger partial charge in [-0.1, -0.05) is 30.3 Å². The van der Waals surface area contributed by atoms with E-state index in [0.29, 0.717) is 24.2 Å². The monoisotopic (exact) mass is 452 g/mol. The summed E-state index contributed by atoms with van der Waals surface area (Å²) < 4.78 is 46.4. The van der Waals surface area contributed by atoms with Crippen LogP contribution in [0.3, 0.4) is 0 Å². The Morgan fingerprint density at radius 3 is 2.65 bits per heavy atom. The predicted octanol–water partition coefficient (Wildman–Crippen LogP) is 5.45. The molecule has 1 amide bonds. The highest BCUT2D eigenvalue weighted by atomic mass is 35.5. The molecule has 2 N–H and O–H groups in total. The largest absolute Gasteiger partial charge is 0.416 e. The molecule has 4 rings (SSSR count). The van der Waals surface area contributed by atoms with Crippen molar-refractivity contribution in [3.63, 3.8) is 0 Å². The lowest BCUT2D eigenvalue weighted by Gasteiger charge is -2.46. The van der Waals surface area contributed by atoms with Crippen LogP contribution in [0.2, 0.25) is 0 Å². The second-order valence-electron chi connectivity index (χ2n) is 8.00. The van der Waals surface area contributed by atoms with E-state index in [1.165, 1.54) is 12.1 Å². The minimum Gasteiger partial charge on any atom is -0.378 e. The first-order valence-electron chi connectivity index (χ1n) is 10.4. The number of ether oxygens (including phenoxy) is 1. The molecule has 0 bridgehead atoms. The minimum absolute atomic E-state index is 0.0202. The summed E-state index contributed by atoms with van der Waals surface area (Å²) in [5, 5.41) is 6.25. The molecule has 2 aliphatic heterocycles. The standard InChI is InChI=1S/C23H24ClF3N2O2/c24-11-10-20(30)28-13-16-7-8-17-21(14-4-2-1-3-5-14)29-19-9-6-15(23(25,26)27)12-18(19)22(17)31-16/h1-6,9,12,16-17,21-22,29H,7-8,10-11,13H2,(H,28,30)/t16-,17+,21+,22+/m1/s1. The van der Waals surface area contributed by atoms with Gasteiger partial charge in [0.2, 0.25) is 5.91 Å². The van der Waals surface area contributed by atoms with Crippen LogP contribution in [-0.4, -0.2) is 24.4 Å². The lowest BCUT2D eigenvalue weighted by Crippen LogP contribution is -2.43. The molecule has 4 nitrogen and oxygen atoms in total. The van der Waals surface area contributed by atoms with E-state index in [1.54, 1.807) is 0 Å². The lowest BCUT2D eigenvalue weighted by molar-refractivity contribution is -0.138. The average Bonchev–Trinajstić information content (AvgIpc) is 2.77. The normalized spacial score (nSPS) is 25.2. The van der Waals surface area contributed by atoms with Crippen LogP contribution in [0.15, 0.2) is 48.5 Å². The number of nitrogens with one attached hydrogen (secondary N) is 2. The van der Waals surface area contributed by atoms with Crippen molar-refractivity contribution < 1.29 is 22.7 Å². The summed E-state index contributed by atoms with van der Waals surface area (Å²) in [6.07, 6.45) is -3.49. The molecular weight excluding hydrogens is 429 g/mol. The van der Waals surface area contributed by atoms with Crippen LogP contribution >= 0.6 is 11.6 Å². The van der Waals surface area contributed by atoms with Gasteiger partial charge < -0.3 is 15.4 Å². The molecule has 0 aliphatic carbocycles. The summed E-state index contributed by atoms with van der Waals surface area (Å²) in [5.41, 5.74) is 1.55. The lowest BCUT2D eigenvalue weighted by atomic mass is 9.76. The molecule has 2 heterocycles. The SMILES string of the molecule is O=C(CCCl)NC[C@H]1CC[C@@H]2[C@H](O1)c1cc(C(F)(F)F)ccc1N[C@H]2c1ccccc1. The topological polar surface area (TPSA) is 50.4 Å². The van der Waals surface area contributed by atoms with Crippen LogP contribution in [0, 0.1) is 5.92 Å². The third-order valence-electron chi connectivity index (χ3n) is 5.98. The van der Waals surface area contributed by atoms with Crippen molar-refractivity contribution in [3.8, 4) is 0 Å². The van der Waals surface area contributed by atoms with Crippen molar-refractivity contribution in [1.82, 2.24) is 5.32 Å². The van der Waals surface area contributed by atoms with Crippen LogP contribution in [0.1, 0.15) is 48.1 Å². The molecular formula is C23H24ClF3N2O2. The number of hydrogen-bond acceptors (Lipinski definition) is 3. The maximum Gasteiger partial charge on any atom is 0.416 e. The molecule has 166 valence electrons. The Bertz CT molecular complexity index is 923. The zero-order valence-electron chi connectivity index (χ0n) is 16.8. The second-order valence-corrected chi connectivity index (χ2v) is 8.37. The molecule has 0 radical (unpaired) electrons. The molecule has 1 fully saturated rings. The first kappa shape index (κ1) is 22.0. The fraction of sp³-hybridized carbons (Fsp3) is 0.435. The molecule has 0 spiro atoms. The summed E-state index contributed by atoms with van der Waals surface area (Å²) in [5.74, 6) is 0.0567. The van der Waals surface area contributed by atoms with Crippen molar-refractivity contribution in [3.05, 3.63) is 65.2 Å². The van der Waals surface area contributed by atoms with E-state index < -0.39 is 17.8 Å². The van der Waals surface area contributed by atoms with E-state index >= 15 is 0 Å². The van der Waals surface area contributed by atoms with E-state index in [9.17, 15) is 18.0 Å². The number of alkyl halides is 4. The molecule has 0 saturated carbocycles. The van der Waals surface area contributed by atoms with Crippen molar-refractivity contribution >= 4 is 23.2 Å². The number of fused-ring (bicyclic) bond motifs is 3. The Hall–Kier alpha value is -2.25. The van der Waals surface area contributed by atoms with Gasteiger partial charge in [-0.2, -0.15) is 13.2 Å². The number of hydrogen-bond donors (Lipinski definition) is 2. The third-order valence-corrected chi connectivity index (χ3v) is 6.17. The number of rotatable bonds is 5. The Balaban J connectivity index is 1.63. The first-order valence-corrected chi connectivity index (χ1v) is 10.9. The summed E-state index contributed by atoms with van der Waals surface area (Å²) >= 11 is 5.60. The van der Waals surface area contributed by atoms with Crippen LogP contribution in [0.4, 0.5) is 18.9 Å². The molecule has 8 heteroatoms. The van der Waals surface area contributed by atoms with Gasteiger partial charge in [-0.05, 0) is 36.6 Å². The van der Waals surface area contributed by atoms with E-state index in [0.717, 1.165) is 18.1 Å². The van der Waals surface area contributed by atoms with Crippen molar-refractivity contribution in [2.24, 2.45) is 5.92 Å². The molecule has 2 aromatic carbocycles. The molecule has 2 aromatic rings. The quantitative estimate of drug-likeness (QED) is 0.593. The van der Waals surface area contributed by atoms with E-state index in [1.807, 2.05) is 30.3 Å². The van der Waals surface area contributed by atoms with E-state index in [2.05, 4.69) is 10.6 Å². The van der Waals surface area contributed by atoms with Crippen LogP contribution in [0.5, 0.6) is 0 Å². The maximum absolute atomic E-state index is 13.4. The minimum atomic E-state index is -4.43. The number of benzene rings is 2. The highest BCUT2D eigenvalue weighted by Gasteiger charge is 2.43. The van der Waals surface area contributed by atoms with Crippen LogP contribution in [0.25, 0.3) is 0 Å². The molecule has 0 unspecified atom stereocenters. The number of carbonyl (C=O) groups is 1. The third kappa shape index (κ3) is 4.83. The summed E-state index contributed by atoms with van der Waals surface area (Å²) in [7, 11) is 0. The highest BCUT2D eigenvalue weighted by Crippen LogP contribution is 2.51. The van der Waals surface area contributed by atoms with Gasteiger partial charge in [0.05, 0.1) is 23.8 Å². The molecule has 1 saturated heterocycles. The molecule has 2 aliphatic rings. The van der Waals surface area contributed by atoms with Gasteiger partial charge in [0.1, 0.15) is 0 Å². The van der Waals surface area contributed by atoms with Gasteiger partial charge in [0.15, 0.2) is 0 Å². The Morgan fingerprint density at radius 2 is 1.94 bits per heavy atom. The number of halogens is 4. The number of carbonyl (C=O) groups excluding carboxylic acids is 1. The zero-order chi connectivity index (χ0) is 22.0. The van der Waals surface area contributed by atoms with Gasteiger partial charge in [-0.15, -0.1) is 11.6 Å². The zero-order valence-corrected chi connectivity index (χ0v) is 17.5. The Morgan fingerprint density at radius 1 is 1.16 bits per heavy atom. The van der Waals surface area contributed by atoms with Crippen molar-refractivity contribution in [2.45, 2.75) is 43.7 Å². The van der Waals surface area contributed by atoms with Gasteiger partial charge >= 0.3 is 6.18 Å². The second kappa shape index (κ2) is 9.09. The van der Waals surface area contributed by atoms with Crippen molar-refractivity contribution in [1.29, 1.82) is 0 Å². The van der Waals surface area contributed by atoms with Gasteiger partial charge in [0.25, 0.3) is 0 Å². The molecule has 31 heavy (non-hydrogen) atoms. The van der Waals surface area contributed by atoms with Gasteiger partial charge in [0, 0.05) is 36.0 Å². The first-order chi connectivity index (χ1) is 14.9. The van der Waals surface area contributed by atoms with E-state index in [-0.39, 0.29) is 36.3 Å². The smallest absolute Gasteiger partial charge is 0.378 e. The van der Waals surface area contributed by atoms with Crippen LogP contribution < -0.4 is 10.6 Å². The van der Waals surface area contributed by atoms with Gasteiger partial charge in [-0.3, -0.25) is 4.79 Å². The predicted molar refractivity (Wildman–Crippen MR) is 113 cm³/mol. The molecule has 4 atom stereocenters. The fourth-order valence-electron chi connectivity index (χ4n) is 4.47.